The molecule has 1 aromatic carbocycles. The number of amides is 1. The lowest BCUT2D eigenvalue weighted by molar-refractivity contribution is -0.112. The Labute approximate surface area is 100 Å². The fourth-order valence-corrected chi connectivity index (χ4v) is 3.28. The van der Waals surface area contributed by atoms with Gasteiger partial charge in [0, 0.05) is 0 Å². The summed E-state index contributed by atoms with van der Waals surface area (Å²) in [5.41, 5.74) is 4.77. The molecule has 1 aliphatic heterocycles. The van der Waals surface area contributed by atoms with E-state index in [4.69, 9.17) is 0 Å². The van der Waals surface area contributed by atoms with Crippen LogP contribution in [0, 0.1) is 6.92 Å². The molecule has 1 aromatic rings. The lowest BCUT2D eigenvalue weighted by Gasteiger charge is -2.12. The summed E-state index contributed by atoms with van der Waals surface area (Å²) in [5.74, 6) is 0.0625. The number of anilines is 1. The molecule has 2 aliphatic rings. The van der Waals surface area contributed by atoms with Crippen molar-refractivity contribution in [1.82, 2.24) is 0 Å². The molecule has 3 nitrogen and oxygen atoms in total. The van der Waals surface area contributed by atoms with Gasteiger partial charge in [-0.1, -0.05) is 19.9 Å². The van der Waals surface area contributed by atoms with Gasteiger partial charge in [-0.05, 0) is 41.9 Å². The molecule has 2 atom stereocenters. The van der Waals surface area contributed by atoms with E-state index in [1.54, 1.807) is 0 Å². The van der Waals surface area contributed by atoms with Crippen LogP contribution in [0.25, 0.3) is 0 Å². The first-order valence-electron chi connectivity index (χ1n) is 6.03. The van der Waals surface area contributed by atoms with Crippen LogP contribution in [0.1, 0.15) is 59.2 Å². The molecule has 3 heteroatoms. The van der Waals surface area contributed by atoms with E-state index in [9.17, 15) is 9.59 Å². The number of nitrogens with one attached hydrogen (secondary N) is 1. The van der Waals surface area contributed by atoms with E-state index in [-0.39, 0.29) is 5.78 Å². The van der Waals surface area contributed by atoms with Gasteiger partial charge in [-0.15, -0.1) is 0 Å². The summed E-state index contributed by atoms with van der Waals surface area (Å²) in [5, 5.41) is 2.75. The van der Waals surface area contributed by atoms with E-state index in [1.807, 2.05) is 6.92 Å². The van der Waals surface area contributed by atoms with Crippen LogP contribution < -0.4 is 5.32 Å². The molecule has 1 heterocycles. The highest BCUT2D eigenvalue weighted by atomic mass is 16.2. The molecule has 0 bridgehead atoms. The normalized spacial score (nSPS) is 25.8. The van der Waals surface area contributed by atoms with Crippen LogP contribution in [0.2, 0.25) is 0 Å². The fourth-order valence-electron chi connectivity index (χ4n) is 3.28. The van der Waals surface area contributed by atoms with E-state index >= 15 is 0 Å². The molecule has 0 radical (unpaired) electrons. The monoisotopic (exact) mass is 229 g/mol. The first-order chi connectivity index (χ1) is 8.00. The Hall–Kier alpha value is -1.64. The van der Waals surface area contributed by atoms with Gasteiger partial charge in [0.1, 0.15) is 0 Å². The minimum Gasteiger partial charge on any atom is -0.318 e. The van der Waals surface area contributed by atoms with Crippen molar-refractivity contribution in [2.24, 2.45) is 0 Å². The van der Waals surface area contributed by atoms with Crippen LogP contribution in [0.4, 0.5) is 5.69 Å². The van der Waals surface area contributed by atoms with Gasteiger partial charge in [-0.2, -0.15) is 0 Å². The first-order valence-corrected chi connectivity index (χ1v) is 6.03. The Morgan fingerprint density at radius 3 is 2.65 bits per heavy atom. The van der Waals surface area contributed by atoms with Gasteiger partial charge in [0.2, 0.25) is 0 Å². The molecular weight excluding hydrogens is 214 g/mol. The van der Waals surface area contributed by atoms with Crippen molar-refractivity contribution in [3.05, 3.63) is 28.3 Å². The van der Waals surface area contributed by atoms with Crippen LogP contribution in [-0.4, -0.2) is 11.7 Å². The van der Waals surface area contributed by atoms with E-state index in [0.29, 0.717) is 17.4 Å². The topological polar surface area (TPSA) is 46.2 Å². The molecule has 0 spiro atoms. The van der Waals surface area contributed by atoms with Gasteiger partial charge in [0.15, 0.2) is 0 Å². The average Bonchev–Trinajstić information content (AvgIpc) is 2.68. The van der Waals surface area contributed by atoms with E-state index < -0.39 is 5.91 Å². The standard InChI is InChI=1S/C14H15NO2/c1-6-4-7(2)10-9(6)5-8(3)11-12(10)15-14(17)13(11)16/h5-7H,4H2,1-3H3,(H,15,16,17)/t6-,7+/m0/s1. The summed E-state index contributed by atoms with van der Waals surface area (Å²) in [7, 11) is 0. The fraction of sp³-hybridized carbons (Fsp3) is 0.429. The SMILES string of the molecule is Cc1cc2c(c3c1C(=O)C(=O)N3)[C@H](C)C[C@@H]2C. The summed E-state index contributed by atoms with van der Waals surface area (Å²) in [6.45, 7) is 6.27. The second-order valence-corrected chi connectivity index (χ2v) is 5.27. The summed E-state index contributed by atoms with van der Waals surface area (Å²) < 4.78 is 0. The maximum Gasteiger partial charge on any atom is 0.296 e. The lowest BCUT2D eigenvalue weighted by Crippen LogP contribution is -2.13. The van der Waals surface area contributed by atoms with Crippen LogP contribution in [0.15, 0.2) is 6.07 Å². The number of ketones is 1. The molecule has 3 rings (SSSR count). The van der Waals surface area contributed by atoms with Crippen molar-refractivity contribution in [3.63, 3.8) is 0 Å². The Morgan fingerprint density at radius 2 is 1.94 bits per heavy atom. The molecule has 1 amide bonds. The molecule has 0 saturated carbocycles. The highest BCUT2D eigenvalue weighted by Crippen LogP contribution is 2.48. The minimum absolute atomic E-state index is 0.382. The van der Waals surface area contributed by atoms with Crippen molar-refractivity contribution in [3.8, 4) is 0 Å². The molecule has 1 N–H and O–H groups in total. The molecule has 0 unspecified atom stereocenters. The Balaban J connectivity index is 2.33. The highest BCUT2D eigenvalue weighted by molar-refractivity contribution is 6.52. The van der Waals surface area contributed by atoms with Crippen LogP contribution in [0.3, 0.4) is 0 Å². The number of benzene rings is 1. The van der Waals surface area contributed by atoms with Crippen molar-refractivity contribution < 1.29 is 9.59 Å². The number of hydrogen-bond donors (Lipinski definition) is 1. The number of rotatable bonds is 0. The summed E-state index contributed by atoms with van der Waals surface area (Å²) in [6.07, 6.45) is 1.09. The maximum absolute atomic E-state index is 11.8. The Kier molecular flexibility index (Phi) is 1.97. The smallest absolute Gasteiger partial charge is 0.296 e. The lowest BCUT2D eigenvalue weighted by atomic mass is 9.93. The van der Waals surface area contributed by atoms with Gasteiger partial charge < -0.3 is 5.32 Å². The zero-order valence-corrected chi connectivity index (χ0v) is 10.3. The number of carbonyl (C=O) groups excluding carboxylic acids is 2. The molecule has 0 fully saturated rings. The molecule has 17 heavy (non-hydrogen) atoms. The quantitative estimate of drug-likeness (QED) is 0.695. The van der Waals surface area contributed by atoms with Gasteiger partial charge in [-0.3, -0.25) is 9.59 Å². The van der Waals surface area contributed by atoms with Crippen LogP contribution >= 0.6 is 0 Å². The number of aryl methyl sites for hydroxylation is 1. The van der Waals surface area contributed by atoms with Crippen molar-refractivity contribution in [1.29, 1.82) is 0 Å². The minimum atomic E-state index is -0.483. The second-order valence-electron chi connectivity index (χ2n) is 5.27. The molecule has 1 aliphatic carbocycles. The van der Waals surface area contributed by atoms with Crippen molar-refractivity contribution in [2.75, 3.05) is 5.32 Å². The molecule has 88 valence electrons. The first kappa shape index (κ1) is 10.5. The van der Waals surface area contributed by atoms with Crippen LogP contribution in [-0.2, 0) is 4.79 Å². The van der Waals surface area contributed by atoms with Crippen LogP contribution in [0.5, 0.6) is 0 Å². The van der Waals surface area contributed by atoms with Gasteiger partial charge >= 0.3 is 0 Å². The van der Waals surface area contributed by atoms with Crippen molar-refractivity contribution >= 4 is 17.4 Å². The average molecular weight is 229 g/mol. The number of hydrogen-bond acceptors (Lipinski definition) is 2. The summed E-state index contributed by atoms with van der Waals surface area (Å²) in [4.78, 5) is 23.3. The van der Waals surface area contributed by atoms with Gasteiger partial charge in [0.05, 0.1) is 11.3 Å². The molecular formula is C14H15NO2. The van der Waals surface area contributed by atoms with Gasteiger partial charge in [0.25, 0.3) is 11.7 Å². The highest BCUT2D eigenvalue weighted by Gasteiger charge is 2.37. The maximum atomic E-state index is 11.8. The molecule has 0 saturated heterocycles. The van der Waals surface area contributed by atoms with E-state index in [2.05, 4.69) is 25.2 Å². The predicted molar refractivity (Wildman–Crippen MR) is 65.6 cm³/mol. The predicted octanol–water partition coefficient (Wildman–Crippen LogP) is 2.74. The zero-order valence-electron chi connectivity index (χ0n) is 10.3. The summed E-state index contributed by atoms with van der Waals surface area (Å²) >= 11 is 0. The summed E-state index contributed by atoms with van der Waals surface area (Å²) in [6, 6.07) is 2.08. The van der Waals surface area contributed by atoms with E-state index in [1.165, 1.54) is 11.1 Å². The third kappa shape index (κ3) is 1.22. The van der Waals surface area contributed by atoms with E-state index in [0.717, 1.165) is 17.7 Å². The van der Waals surface area contributed by atoms with Gasteiger partial charge in [-0.25, -0.2) is 0 Å². The largest absolute Gasteiger partial charge is 0.318 e. The second kappa shape index (κ2) is 3.19. The third-order valence-corrected chi connectivity index (χ3v) is 4.00. The Bertz CT molecular complexity index is 560. The number of carbonyl (C=O) groups is 2. The Morgan fingerprint density at radius 1 is 1.24 bits per heavy atom. The number of Topliss-reactive ketones (excluding diaryl/α,β-unsaturated/α-hetero) is 1. The number of fused-ring (bicyclic) bond motifs is 3. The zero-order chi connectivity index (χ0) is 12.3. The molecule has 0 aromatic heterocycles. The third-order valence-electron chi connectivity index (χ3n) is 4.00. The van der Waals surface area contributed by atoms with Crippen molar-refractivity contribution in [2.45, 2.75) is 39.0 Å².